The second-order valence-corrected chi connectivity index (χ2v) is 8.61. The first-order chi connectivity index (χ1) is 14.0. The fourth-order valence-corrected chi connectivity index (χ4v) is 4.49. The molecule has 0 bridgehead atoms. The van der Waals surface area contributed by atoms with Crippen LogP contribution in [0.1, 0.15) is 17.5 Å². The summed E-state index contributed by atoms with van der Waals surface area (Å²) in [6.45, 7) is 1.50. The van der Waals surface area contributed by atoms with Gasteiger partial charge in [-0.3, -0.25) is 4.79 Å². The summed E-state index contributed by atoms with van der Waals surface area (Å²) in [5.74, 6) is 0.436. The fourth-order valence-electron chi connectivity index (χ4n) is 3.01. The van der Waals surface area contributed by atoms with Crippen molar-refractivity contribution >= 4 is 16.0 Å². The number of aryl methyl sites for hydroxylation is 1. The molecule has 2 aromatic rings. The molecule has 0 spiro atoms. The molecule has 0 saturated carbocycles. The molecule has 0 N–H and O–H groups in total. The lowest BCUT2D eigenvalue weighted by Crippen LogP contribution is -2.40. The van der Waals surface area contributed by atoms with Gasteiger partial charge in [0.15, 0.2) is 0 Å². The topological polar surface area (TPSA) is 82.1 Å². The highest BCUT2D eigenvalue weighted by atomic mass is 32.2. The minimum absolute atomic E-state index is 0.0356. The van der Waals surface area contributed by atoms with Gasteiger partial charge in [0.25, 0.3) is 0 Å². The third-order valence-corrected chi connectivity index (χ3v) is 6.58. The van der Waals surface area contributed by atoms with Gasteiger partial charge in [0.2, 0.25) is 10.0 Å². The summed E-state index contributed by atoms with van der Waals surface area (Å²) in [6.07, 6.45) is 0.812. The van der Waals surface area contributed by atoms with Crippen molar-refractivity contribution in [1.29, 1.82) is 0 Å². The van der Waals surface area contributed by atoms with E-state index in [2.05, 4.69) is 0 Å². The number of methoxy groups -OCH3 is 1. The number of nitrogens with zero attached hydrogens (tertiary/aromatic N) is 1. The molecule has 29 heavy (non-hydrogen) atoms. The summed E-state index contributed by atoms with van der Waals surface area (Å²) in [7, 11) is -1.97. The molecule has 1 fully saturated rings. The maximum absolute atomic E-state index is 12.7. The van der Waals surface area contributed by atoms with E-state index >= 15 is 0 Å². The third-order valence-electron chi connectivity index (χ3n) is 4.68. The van der Waals surface area contributed by atoms with Crippen LogP contribution in [0.4, 0.5) is 0 Å². The van der Waals surface area contributed by atoms with Crippen LogP contribution in [0.15, 0.2) is 53.4 Å². The number of hydrogen-bond donors (Lipinski definition) is 0. The van der Waals surface area contributed by atoms with Crippen molar-refractivity contribution in [3.63, 3.8) is 0 Å². The van der Waals surface area contributed by atoms with Gasteiger partial charge in [0.1, 0.15) is 12.4 Å². The van der Waals surface area contributed by atoms with Crippen molar-refractivity contribution in [2.75, 3.05) is 33.4 Å². The van der Waals surface area contributed by atoms with Crippen molar-refractivity contribution in [3.05, 3.63) is 59.7 Å². The molecule has 0 aliphatic carbocycles. The first kappa shape index (κ1) is 21.3. The molecule has 3 rings (SSSR count). The Morgan fingerprint density at radius 3 is 2.48 bits per heavy atom. The molecule has 8 heteroatoms. The molecule has 1 aliphatic rings. The number of carbonyl (C=O) groups excluding carboxylic acids is 1. The number of sulfonamides is 1. The van der Waals surface area contributed by atoms with Gasteiger partial charge in [-0.2, -0.15) is 4.31 Å². The van der Waals surface area contributed by atoms with Crippen LogP contribution in [0, 0.1) is 0 Å². The Morgan fingerprint density at radius 2 is 1.79 bits per heavy atom. The van der Waals surface area contributed by atoms with Gasteiger partial charge in [-0.05, 0) is 41.8 Å². The van der Waals surface area contributed by atoms with Crippen molar-refractivity contribution in [2.24, 2.45) is 0 Å². The predicted molar refractivity (Wildman–Crippen MR) is 107 cm³/mol. The zero-order valence-corrected chi connectivity index (χ0v) is 17.2. The lowest BCUT2D eigenvalue weighted by Gasteiger charge is -2.26. The summed E-state index contributed by atoms with van der Waals surface area (Å²) in [5.41, 5.74) is 1.65. The summed E-state index contributed by atoms with van der Waals surface area (Å²) < 4.78 is 42.5. The molecule has 0 unspecified atom stereocenters. The molecule has 2 aromatic carbocycles. The van der Waals surface area contributed by atoms with Crippen LogP contribution in [-0.2, 0) is 37.3 Å². The molecule has 0 radical (unpaired) electrons. The highest BCUT2D eigenvalue weighted by Crippen LogP contribution is 2.19. The van der Waals surface area contributed by atoms with Crippen LogP contribution in [-0.4, -0.2) is 52.1 Å². The summed E-state index contributed by atoms with van der Waals surface area (Å²) in [5, 5.41) is 0. The number of esters is 1. The number of benzene rings is 2. The van der Waals surface area contributed by atoms with Gasteiger partial charge in [-0.15, -0.1) is 0 Å². The van der Waals surface area contributed by atoms with E-state index < -0.39 is 10.0 Å². The Balaban J connectivity index is 1.53. The van der Waals surface area contributed by atoms with Crippen LogP contribution in [0.5, 0.6) is 5.75 Å². The molecule has 156 valence electrons. The van der Waals surface area contributed by atoms with Crippen LogP contribution in [0.3, 0.4) is 0 Å². The van der Waals surface area contributed by atoms with Crippen molar-refractivity contribution in [1.82, 2.24) is 4.31 Å². The first-order valence-electron chi connectivity index (χ1n) is 9.44. The largest absolute Gasteiger partial charge is 0.497 e. The first-order valence-corrected chi connectivity index (χ1v) is 10.9. The quantitative estimate of drug-likeness (QED) is 0.611. The van der Waals surface area contributed by atoms with E-state index in [4.69, 9.17) is 14.2 Å². The molecular formula is C21H25NO6S. The van der Waals surface area contributed by atoms with Gasteiger partial charge in [-0.25, -0.2) is 8.42 Å². The maximum Gasteiger partial charge on any atom is 0.306 e. The van der Waals surface area contributed by atoms with Gasteiger partial charge in [-0.1, -0.05) is 24.3 Å². The Kier molecular flexibility index (Phi) is 7.24. The van der Waals surface area contributed by atoms with E-state index in [9.17, 15) is 13.2 Å². The van der Waals surface area contributed by atoms with Crippen LogP contribution in [0.2, 0.25) is 0 Å². The lowest BCUT2D eigenvalue weighted by atomic mass is 10.1. The van der Waals surface area contributed by atoms with Crippen LogP contribution in [0.25, 0.3) is 0 Å². The Morgan fingerprint density at radius 1 is 1.07 bits per heavy atom. The smallest absolute Gasteiger partial charge is 0.306 e. The normalized spacial score (nSPS) is 15.1. The molecule has 0 amide bonds. The Bertz CT molecular complexity index is 920. The van der Waals surface area contributed by atoms with Crippen molar-refractivity contribution < 1.29 is 27.4 Å². The predicted octanol–water partition coefficient (Wildman–Crippen LogP) is 2.39. The Hall–Kier alpha value is -2.42. The van der Waals surface area contributed by atoms with Crippen molar-refractivity contribution in [2.45, 2.75) is 24.3 Å². The number of ether oxygens (including phenoxy) is 3. The summed E-state index contributed by atoms with van der Waals surface area (Å²) >= 11 is 0. The number of hydrogen-bond acceptors (Lipinski definition) is 6. The van der Waals surface area contributed by atoms with Gasteiger partial charge < -0.3 is 14.2 Å². The average molecular weight is 419 g/mol. The molecule has 7 nitrogen and oxygen atoms in total. The van der Waals surface area contributed by atoms with E-state index in [0.717, 1.165) is 11.3 Å². The second-order valence-electron chi connectivity index (χ2n) is 6.67. The van der Waals surface area contributed by atoms with E-state index in [1.807, 2.05) is 24.3 Å². The molecule has 1 aliphatic heterocycles. The van der Waals surface area contributed by atoms with Gasteiger partial charge >= 0.3 is 5.97 Å². The summed E-state index contributed by atoms with van der Waals surface area (Å²) in [4.78, 5) is 12.3. The van der Waals surface area contributed by atoms with Gasteiger partial charge in [0.05, 0.1) is 25.2 Å². The van der Waals surface area contributed by atoms with Crippen LogP contribution >= 0.6 is 0 Å². The van der Waals surface area contributed by atoms with Crippen LogP contribution < -0.4 is 4.74 Å². The third kappa shape index (κ3) is 5.79. The van der Waals surface area contributed by atoms with E-state index in [-0.39, 0.29) is 23.9 Å². The minimum Gasteiger partial charge on any atom is -0.497 e. The van der Waals surface area contributed by atoms with Gasteiger partial charge in [0, 0.05) is 19.5 Å². The average Bonchev–Trinajstić information content (AvgIpc) is 2.77. The molecule has 1 saturated heterocycles. The van der Waals surface area contributed by atoms with E-state index in [1.165, 1.54) is 4.31 Å². The minimum atomic E-state index is -3.57. The standard InChI is InChI=1S/C21H25NO6S/c1-26-19-8-5-17(6-9-19)7-10-21(23)28-16-18-3-2-4-20(15-18)29(24,25)22-11-13-27-14-12-22/h2-6,8-9,15H,7,10-14,16H2,1H3. The second kappa shape index (κ2) is 9.87. The highest BCUT2D eigenvalue weighted by Gasteiger charge is 2.26. The molecular weight excluding hydrogens is 394 g/mol. The Labute approximate surface area is 171 Å². The number of rotatable bonds is 8. The maximum atomic E-state index is 12.7. The SMILES string of the molecule is COc1ccc(CCC(=O)OCc2cccc(S(=O)(=O)N3CCOCC3)c2)cc1. The summed E-state index contributed by atoms with van der Waals surface area (Å²) in [6, 6.07) is 14.0. The molecule has 0 atom stereocenters. The molecule has 0 aromatic heterocycles. The lowest BCUT2D eigenvalue weighted by molar-refractivity contribution is -0.144. The highest BCUT2D eigenvalue weighted by molar-refractivity contribution is 7.89. The monoisotopic (exact) mass is 419 g/mol. The fraction of sp³-hybridized carbons (Fsp3) is 0.381. The molecule has 1 heterocycles. The van der Waals surface area contributed by atoms with E-state index in [0.29, 0.717) is 38.3 Å². The zero-order valence-electron chi connectivity index (χ0n) is 16.4. The zero-order chi connectivity index (χ0) is 20.7. The number of carbonyl (C=O) groups is 1. The number of morpholine rings is 1. The van der Waals surface area contributed by atoms with E-state index in [1.54, 1.807) is 31.4 Å². The van der Waals surface area contributed by atoms with Crippen molar-refractivity contribution in [3.8, 4) is 5.75 Å².